The Kier molecular flexibility index (Phi) is 7.02. The standard InChI is InChI=1S/C25H40N2O6/c1-7-12-27(24(5,6)15-23(2,3)4)21(30)19-25-11-10-16(33-25)17(22(31)32)18(25)20(29)26(19)13-8-9-14-28/h7,16-19,28H,1,8-15H2,2-6H3,(H,31,32)/t16-,17+,18+,19-,25+/m0/s1. The Morgan fingerprint density at radius 2 is 1.94 bits per heavy atom. The number of rotatable bonds is 10. The number of fused-ring (bicyclic) bond motifs is 1. The van der Waals surface area contributed by atoms with Crippen molar-refractivity contribution < 1.29 is 29.3 Å². The highest BCUT2D eigenvalue weighted by Crippen LogP contribution is 2.58. The Balaban J connectivity index is 2.03. The van der Waals surface area contributed by atoms with Gasteiger partial charge in [0, 0.05) is 25.2 Å². The minimum Gasteiger partial charge on any atom is -0.481 e. The van der Waals surface area contributed by atoms with Gasteiger partial charge in [-0.1, -0.05) is 26.8 Å². The first-order valence-electron chi connectivity index (χ1n) is 12.0. The lowest BCUT2D eigenvalue weighted by molar-refractivity contribution is -0.153. The van der Waals surface area contributed by atoms with E-state index in [0.29, 0.717) is 32.2 Å². The third kappa shape index (κ3) is 4.44. The number of hydrogen-bond donors (Lipinski definition) is 2. The van der Waals surface area contributed by atoms with Crippen LogP contribution in [-0.4, -0.2) is 80.8 Å². The summed E-state index contributed by atoms with van der Waals surface area (Å²) in [7, 11) is 0. The number of carbonyl (C=O) groups excluding carboxylic acids is 2. The Labute approximate surface area is 196 Å². The van der Waals surface area contributed by atoms with E-state index in [1.54, 1.807) is 15.9 Å². The summed E-state index contributed by atoms with van der Waals surface area (Å²) in [5.41, 5.74) is -1.66. The normalized spacial score (nSPS) is 31.1. The lowest BCUT2D eigenvalue weighted by atomic mass is 9.70. The van der Waals surface area contributed by atoms with E-state index in [0.717, 1.165) is 6.42 Å². The number of carboxylic acids is 1. The van der Waals surface area contributed by atoms with E-state index in [-0.39, 0.29) is 30.4 Å². The van der Waals surface area contributed by atoms with E-state index in [9.17, 15) is 24.6 Å². The number of aliphatic carboxylic acids is 1. The summed E-state index contributed by atoms with van der Waals surface area (Å²) in [6.07, 6.45) is 3.94. The Hall–Kier alpha value is -1.93. The Morgan fingerprint density at radius 3 is 2.48 bits per heavy atom. The fraction of sp³-hybridized carbons (Fsp3) is 0.800. The highest BCUT2D eigenvalue weighted by atomic mass is 16.5. The number of likely N-dealkylation sites (tertiary alicyclic amines) is 1. The molecule has 186 valence electrons. The molecule has 0 aliphatic carbocycles. The number of carbonyl (C=O) groups is 3. The van der Waals surface area contributed by atoms with Crippen molar-refractivity contribution >= 4 is 17.8 Å². The molecule has 8 nitrogen and oxygen atoms in total. The molecule has 3 aliphatic rings. The second-order valence-corrected chi connectivity index (χ2v) is 11.6. The van der Waals surface area contributed by atoms with Crippen LogP contribution in [0.3, 0.4) is 0 Å². The molecule has 3 aliphatic heterocycles. The van der Waals surface area contributed by atoms with Gasteiger partial charge in [0.1, 0.15) is 11.6 Å². The first-order chi connectivity index (χ1) is 15.3. The third-order valence-corrected chi connectivity index (χ3v) is 7.40. The van der Waals surface area contributed by atoms with Crippen molar-refractivity contribution in [1.82, 2.24) is 9.80 Å². The maximum atomic E-state index is 14.3. The number of unbranched alkanes of at least 4 members (excludes halogenated alkanes) is 1. The van der Waals surface area contributed by atoms with E-state index < -0.39 is 41.1 Å². The van der Waals surface area contributed by atoms with Gasteiger partial charge in [-0.15, -0.1) is 6.58 Å². The molecule has 3 heterocycles. The quantitative estimate of drug-likeness (QED) is 0.380. The molecule has 1 spiro atoms. The maximum Gasteiger partial charge on any atom is 0.310 e. The monoisotopic (exact) mass is 464 g/mol. The molecule has 0 saturated carbocycles. The number of carboxylic acid groups (broad SMARTS) is 1. The van der Waals surface area contributed by atoms with Crippen LogP contribution in [0.15, 0.2) is 12.7 Å². The summed E-state index contributed by atoms with van der Waals surface area (Å²) in [6, 6.07) is -0.873. The van der Waals surface area contributed by atoms with Gasteiger partial charge in [-0.3, -0.25) is 14.4 Å². The van der Waals surface area contributed by atoms with Gasteiger partial charge in [-0.05, 0) is 51.4 Å². The van der Waals surface area contributed by atoms with Gasteiger partial charge in [0.25, 0.3) is 0 Å². The molecule has 33 heavy (non-hydrogen) atoms. The molecule has 0 aromatic carbocycles. The summed E-state index contributed by atoms with van der Waals surface area (Å²) in [5, 5.41) is 19.1. The zero-order valence-electron chi connectivity index (χ0n) is 20.7. The maximum absolute atomic E-state index is 14.3. The van der Waals surface area contributed by atoms with Crippen LogP contribution in [-0.2, 0) is 19.1 Å². The molecule has 8 heteroatoms. The predicted molar refractivity (Wildman–Crippen MR) is 123 cm³/mol. The molecule has 0 aromatic rings. The van der Waals surface area contributed by atoms with Gasteiger partial charge in [0.15, 0.2) is 0 Å². The summed E-state index contributed by atoms with van der Waals surface area (Å²) in [6.45, 7) is 14.9. The van der Waals surface area contributed by atoms with Crippen molar-refractivity contribution in [2.24, 2.45) is 17.3 Å². The largest absolute Gasteiger partial charge is 0.481 e. The third-order valence-electron chi connectivity index (χ3n) is 7.40. The van der Waals surface area contributed by atoms with Crippen LogP contribution in [0, 0.1) is 17.3 Å². The molecule has 5 atom stereocenters. The molecular formula is C25H40N2O6. The summed E-state index contributed by atoms with van der Waals surface area (Å²) < 4.78 is 6.27. The molecule has 3 saturated heterocycles. The van der Waals surface area contributed by atoms with Gasteiger partial charge < -0.3 is 24.7 Å². The predicted octanol–water partition coefficient (Wildman–Crippen LogP) is 2.45. The smallest absolute Gasteiger partial charge is 0.310 e. The number of nitrogens with zero attached hydrogens (tertiary/aromatic N) is 2. The molecule has 0 radical (unpaired) electrons. The average molecular weight is 465 g/mol. The van der Waals surface area contributed by atoms with Crippen molar-refractivity contribution in [3.05, 3.63) is 12.7 Å². The lowest BCUT2D eigenvalue weighted by Gasteiger charge is -2.45. The van der Waals surface area contributed by atoms with Crippen LogP contribution in [0.2, 0.25) is 0 Å². The van der Waals surface area contributed by atoms with Crippen molar-refractivity contribution in [1.29, 1.82) is 0 Å². The van der Waals surface area contributed by atoms with E-state index in [2.05, 4.69) is 27.4 Å². The van der Waals surface area contributed by atoms with Crippen LogP contribution in [0.4, 0.5) is 0 Å². The SMILES string of the molecule is C=CCN(C(=O)[C@@H]1N(CCCCO)C(=O)[C@H]2[C@H](C(=O)O)[C@@H]3CC[C@]12O3)C(C)(C)CC(C)(C)C. The summed E-state index contributed by atoms with van der Waals surface area (Å²) in [4.78, 5) is 43.3. The van der Waals surface area contributed by atoms with Crippen LogP contribution in [0.25, 0.3) is 0 Å². The molecule has 3 rings (SSSR count). The zero-order valence-corrected chi connectivity index (χ0v) is 20.7. The molecule has 0 aromatic heterocycles. The van der Waals surface area contributed by atoms with E-state index >= 15 is 0 Å². The first-order valence-corrected chi connectivity index (χ1v) is 12.0. The number of hydrogen-bond acceptors (Lipinski definition) is 5. The van der Waals surface area contributed by atoms with Crippen LogP contribution in [0.5, 0.6) is 0 Å². The molecule has 0 unspecified atom stereocenters. The summed E-state index contributed by atoms with van der Waals surface area (Å²) in [5.74, 6) is -3.35. The van der Waals surface area contributed by atoms with Crippen molar-refractivity contribution in [2.75, 3.05) is 19.7 Å². The van der Waals surface area contributed by atoms with Crippen LogP contribution < -0.4 is 0 Å². The van der Waals surface area contributed by atoms with Gasteiger partial charge in [-0.25, -0.2) is 0 Å². The van der Waals surface area contributed by atoms with Crippen molar-refractivity contribution in [2.45, 2.75) is 90.0 Å². The van der Waals surface area contributed by atoms with Crippen LogP contribution in [0.1, 0.15) is 66.7 Å². The number of aliphatic hydroxyl groups excluding tert-OH is 1. The zero-order chi connectivity index (χ0) is 24.8. The lowest BCUT2D eigenvalue weighted by Crippen LogP contribution is -2.61. The topological polar surface area (TPSA) is 107 Å². The Bertz CT molecular complexity index is 803. The molecule has 2 N–H and O–H groups in total. The first kappa shape index (κ1) is 25.7. The average Bonchev–Trinajstić information content (AvgIpc) is 3.31. The molecule has 2 amide bonds. The second kappa shape index (κ2) is 9.02. The van der Waals surface area contributed by atoms with Crippen LogP contribution >= 0.6 is 0 Å². The van der Waals surface area contributed by atoms with Gasteiger partial charge in [0.05, 0.1) is 17.9 Å². The Morgan fingerprint density at radius 1 is 1.27 bits per heavy atom. The van der Waals surface area contributed by atoms with E-state index in [1.165, 1.54) is 0 Å². The summed E-state index contributed by atoms with van der Waals surface area (Å²) >= 11 is 0. The molecule has 2 bridgehead atoms. The van der Waals surface area contributed by atoms with E-state index in [4.69, 9.17) is 4.74 Å². The highest BCUT2D eigenvalue weighted by molar-refractivity contribution is 5.98. The van der Waals surface area contributed by atoms with E-state index in [1.807, 2.05) is 13.8 Å². The van der Waals surface area contributed by atoms with Gasteiger partial charge in [-0.2, -0.15) is 0 Å². The minimum absolute atomic E-state index is 0.00720. The fourth-order valence-electron chi connectivity index (χ4n) is 6.65. The van der Waals surface area contributed by atoms with Gasteiger partial charge in [0.2, 0.25) is 11.8 Å². The fourth-order valence-corrected chi connectivity index (χ4v) is 6.65. The van der Waals surface area contributed by atoms with Gasteiger partial charge >= 0.3 is 5.97 Å². The van der Waals surface area contributed by atoms with Crippen molar-refractivity contribution in [3.8, 4) is 0 Å². The molecule has 3 fully saturated rings. The highest BCUT2D eigenvalue weighted by Gasteiger charge is 2.75. The van der Waals surface area contributed by atoms with Crippen molar-refractivity contribution in [3.63, 3.8) is 0 Å². The second-order valence-electron chi connectivity index (χ2n) is 11.6. The molecular weight excluding hydrogens is 424 g/mol. The number of aliphatic hydroxyl groups is 1. The minimum atomic E-state index is -1.11. The number of amides is 2. The number of ether oxygens (including phenoxy) is 1.